The Labute approximate surface area is 115 Å². The molecular weight excluding hydrogens is 270 g/mol. The van der Waals surface area contributed by atoms with Crippen molar-refractivity contribution >= 4 is 9.84 Å². The van der Waals surface area contributed by atoms with E-state index in [1.54, 1.807) is 0 Å². The first-order valence-corrected chi connectivity index (χ1v) is 8.79. The minimum atomic E-state index is -2.89. The van der Waals surface area contributed by atoms with Crippen molar-refractivity contribution in [2.24, 2.45) is 0 Å². The minimum Gasteiger partial charge on any atom is -0.389 e. The summed E-state index contributed by atoms with van der Waals surface area (Å²) in [5.41, 5.74) is 0. The van der Waals surface area contributed by atoms with E-state index in [9.17, 15) is 13.5 Å². The minimum absolute atomic E-state index is 0.172. The van der Waals surface area contributed by atoms with Gasteiger partial charge in [0.25, 0.3) is 0 Å². The molecule has 1 fully saturated rings. The second kappa shape index (κ2) is 8.86. The molecule has 0 amide bonds. The topological polar surface area (TPSA) is 84.9 Å². The van der Waals surface area contributed by atoms with Crippen LogP contribution in [0.5, 0.6) is 0 Å². The summed E-state index contributed by atoms with van der Waals surface area (Å²) in [4.78, 5) is 0. The lowest BCUT2D eigenvalue weighted by Crippen LogP contribution is -2.32. The molecule has 7 heteroatoms. The van der Waals surface area contributed by atoms with Crippen LogP contribution in [0, 0.1) is 0 Å². The van der Waals surface area contributed by atoms with E-state index in [0.29, 0.717) is 26.1 Å². The van der Waals surface area contributed by atoms with Gasteiger partial charge in [-0.1, -0.05) is 0 Å². The van der Waals surface area contributed by atoms with E-state index >= 15 is 0 Å². The molecule has 19 heavy (non-hydrogen) atoms. The average Bonchev–Trinajstić information content (AvgIpc) is 2.80. The molecular formula is C12H25NO5S. The van der Waals surface area contributed by atoms with Crippen LogP contribution < -0.4 is 5.32 Å². The van der Waals surface area contributed by atoms with E-state index in [4.69, 9.17) is 9.47 Å². The summed E-state index contributed by atoms with van der Waals surface area (Å²) >= 11 is 0. The van der Waals surface area contributed by atoms with Gasteiger partial charge in [-0.25, -0.2) is 8.42 Å². The molecule has 0 bridgehead atoms. The number of hydrogen-bond donors (Lipinski definition) is 2. The lowest BCUT2D eigenvalue weighted by molar-refractivity contribution is -0.0163. The van der Waals surface area contributed by atoms with Gasteiger partial charge in [-0.2, -0.15) is 0 Å². The molecule has 2 N–H and O–H groups in total. The fourth-order valence-corrected chi connectivity index (χ4v) is 2.57. The van der Waals surface area contributed by atoms with Gasteiger partial charge in [0.2, 0.25) is 0 Å². The van der Waals surface area contributed by atoms with Crippen molar-refractivity contribution in [2.75, 3.05) is 44.9 Å². The number of aliphatic hydroxyl groups is 1. The third-order valence-corrected chi connectivity index (χ3v) is 3.92. The van der Waals surface area contributed by atoms with Crippen molar-refractivity contribution in [3.05, 3.63) is 0 Å². The summed E-state index contributed by atoms with van der Waals surface area (Å²) < 4.78 is 32.6. The van der Waals surface area contributed by atoms with Crippen molar-refractivity contribution < 1.29 is 23.0 Å². The Morgan fingerprint density at radius 1 is 1.53 bits per heavy atom. The highest BCUT2D eigenvalue weighted by molar-refractivity contribution is 7.90. The lowest BCUT2D eigenvalue weighted by Gasteiger charge is -2.14. The molecule has 0 aromatic rings. The molecule has 1 heterocycles. The van der Waals surface area contributed by atoms with Crippen LogP contribution in [-0.2, 0) is 19.3 Å². The van der Waals surface area contributed by atoms with Gasteiger partial charge in [0, 0.05) is 19.4 Å². The molecule has 0 saturated carbocycles. The van der Waals surface area contributed by atoms with Gasteiger partial charge in [0.05, 0.1) is 31.2 Å². The van der Waals surface area contributed by atoms with Crippen LogP contribution in [0.15, 0.2) is 0 Å². The van der Waals surface area contributed by atoms with Crippen LogP contribution in [0.4, 0.5) is 0 Å². The molecule has 1 aliphatic rings. The van der Waals surface area contributed by atoms with Gasteiger partial charge in [0.15, 0.2) is 0 Å². The number of hydrogen-bond acceptors (Lipinski definition) is 6. The Bertz CT molecular complexity index is 327. The van der Waals surface area contributed by atoms with Gasteiger partial charge >= 0.3 is 0 Å². The standard InChI is InChI=1S/C12H25NO5S/c1-19(15,16)7-3-5-13-8-11(14)9-17-10-12-4-2-6-18-12/h11-14H,2-10H2,1H3. The van der Waals surface area contributed by atoms with Gasteiger partial charge in [-0.05, 0) is 25.8 Å². The fourth-order valence-electron chi connectivity index (χ4n) is 1.90. The molecule has 1 rings (SSSR count). The Hall–Kier alpha value is -0.210. The summed E-state index contributed by atoms with van der Waals surface area (Å²) in [6.07, 6.45) is 3.50. The third-order valence-electron chi connectivity index (χ3n) is 2.89. The Balaban J connectivity index is 1.91. The van der Waals surface area contributed by atoms with Gasteiger partial charge in [-0.15, -0.1) is 0 Å². The maximum Gasteiger partial charge on any atom is 0.147 e. The maximum absolute atomic E-state index is 10.9. The predicted octanol–water partition coefficient (Wildman–Crippen LogP) is -0.433. The molecule has 114 valence electrons. The highest BCUT2D eigenvalue weighted by Gasteiger charge is 2.16. The zero-order valence-corrected chi connectivity index (χ0v) is 12.3. The van der Waals surface area contributed by atoms with Gasteiger partial charge < -0.3 is 19.9 Å². The summed E-state index contributed by atoms with van der Waals surface area (Å²) in [5.74, 6) is 0.172. The highest BCUT2D eigenvalue weighted by Crippen LogP contribution is 2.11. The van der Waals surface area contributed by atoms with Crippen molar-refractivity contribution in [1.29, 1.82) is 0 Å². The van der Waals surface area contributed by atoms with Crippen LogP contribution >= 0.6 is 0 Å². The van der Waals surface area contributed by atoms with E-state index < -0.39 is 15.9 Å². The maximum atomic E-state index is 10.9. The largest absolute Gasteiger partial charge is 0.389 e. The monoisotopic (exact) mass is 295 g/mol. The summed E-state index contributed by atoms with van der Waals surface area (Å²) in [5, 5.41) is 12.6. The molecule has 6 nitrogen and oxygen atoms in total. The molecule has 1 saturated heterocycles. The predicted molar refractivity (Wildman–Crippen MR) is 73.0 cm³/mol. The summed E-state index contributed by atoms with van der Waals surface area (Å²) in [7, 11) is -2.89. The quantitative estimate of drug-likeness (QED) is 0.532. The second-order valence-corrected chi connectivity index (χ2v) is 7.27. The lowest BCUT2D eigenvalue weighted by atomic mass is 10.2. The van der Waals surface area contributed by atoms with E-state index in [1.807, 2.05) is 0 Å². The first-order chi connectivity index (χ1) is 8.97. The van der Waals surface area contributed by atoms with Crippen LogP contribution in [0.3, 0.4) is 0 Å². The normalized spacial score (nSPS) is 21.7. The number of rotatable bonds is 10. The van der Waals surface area contributed by atoms with Crippen molar-refractivity contribution in [1.82, 2.24) is 5.32 Å². The zero-order valence-electron chi connectivity index (χ0n) is 11.5. The first-order valence-electron chi connectivity index (χ1n) is 6.73. The number of nitrogens with one attached hydrogen (secondary N) is 1. The third kappa shape index (κ3) is 9.34. The van der Waals surface area contributed by atoms with Crippen molar-refractivity contribution in [2.45, 2.75) is 31.5 Å². The molecule has 1 aliphatic heterocycles. The number of ether oxygens (including phenoxy) is 2. The van der Waals surface area contributed by atoms with E-state index in [0.717, 1.165) is 19.4 Å². The summed E-state index contributed by atoms with van der Waals surface area (Å²) in [6.45, 7) is 2.60. The molecule has 0 spiro atoms. The van der Waals surface area contributed by atoms with Crippen molar-refractivity contribution in [3.8, 4) is 0 Å². The molecule has 0 aromatic heterocycles. The second-order valence-electron chi connectivity index (χ2n) is 5.01. The van der Waals surface area contributed by atoms with Crippen LogP contribution in [0.25, 0.3) is 0 Å². The SMILES string of the molecule is CS(=O)(=O)CCCNCC(O)COCC1CCCO1. The van der Waals surface area contributed by atoms with Crippen LogP contribution in [-0.4, -0.2) is 70.7 Å². The molecule has 2 unspecified atom stereocenters. The van der Waals surface area contributed by atoms with Crippen LogP contribution in [0.2, 0.25) is 0 Å². The van der Waals surface area contributed by atoms with Crippen molar-refractivity contribution in [3.63, 3.8) is 0 Å². The smallest absolute Gasteiger partial charge is 0.147 e. The highest BCUT2D eigenvalue weighted by atomic mass is 32.2. The number of aliphatic hydroxyl groups excluding tert-OH is 1. The number of sulfone groups is 1. The Morgan fingerprint density at radius 2 is 2.32 bits per heavy atom. The fraction of sp³-hybridized carbons (Fsp3) is 1.00. The summed E-state index contributed by atoms with van der Waals surface area (Å²) in [6, 6.07) is 0. The van der Waals surface area contributed by atoms with Crippen LogP contribution in [0.1, 0.15) is 19.3 Å². The Kier molecular flexibility index (Phi) is 7.86. The molecule has 2 atom stereocenters. The molecule has 0 aliphatic carbocycles. The van der Waals surface area contributed by atoms with E-state index in [-0.39, 0.29) is 18.5 Å². The van der Waals surface area contributed by atoms with Gasteiger partial charge in [-0.3, -0.25) is 0 Å². The molecule has 0 radical (unpaired) electrons. The first kappa shape index (κ1) is 16.8. The van der Waals surface area contributed by atoms with Gasteiger partial charge in [0.1, 0.15) is 9.84 Å². The van der Waals surface area contributed by atoms with E-state index in [2.05, 4.69) is 5.32 Å². The zero-order chi connectivity index (χ0) is 14.1. The van der Waals surface area contributed by atoms with E-state index in [1.165, 1.54) is 6.26 Å². The Morgan fingerprint density at radius 3 is 2.95 bits per heavy atom. The molecule has 0 aromatic carbocycles. The average molecular weight is 295 g/mol.